The number of pyridine rings is 1. The SMILES string of the molecule is CC1(C#N)C(=O)Nc2cc(NC(=O)c3ccncc3)c([N+](=O)[O-])cc21. The molecule has 2 aromatic rings. The van der Waals surface area contributed by atoms with Crippen LogP contribution in [0.3, 0.4) is 0 Å². The Morgan fingerprint density at radius 1 is 1.40 bits per heavy atom. The molecule has 9 nitrogen and oxygen atoms in total. The van der Waals surface area contributed by atoms with E-state index in [0.717, 1.165) is 6.07 Å². The molecule has 1 aliphatic rings. The van der Waals surface area contributed by atoms with E-state index in [2.05, 4.69) is 15.6 Å². The molecule has 9 heteroatoms. The van der Waals surface area contributed by atoms with Crippen molar-refractivity contribution in [3.8, 4) is 6.07 Å². The topological polar surface area (TPSA) is 138 Å². The molecule has 0 spiro atoms. The lowest BCUT2D eigenvalue weighted by Crippen LogP contribution is -2.28. The molecule has 3 rings (SSSR count). The molecule has 1 atom stereocenters. The Kier molecular flexibility index (Phi) is 3.65. The monoisotopic (exact) mass is 337 g/mol. The number of nitro groups is 1. The minimum Gasteiger partial charge on any atom is -0.324 e. The number of nitrogens with zero attached hydrogens (tertiary/aromatic N) is 3. The third kappa shape index (κ3) is 2.55. The number of hydrogen-bond donors (Lipinski definition) is 2. The van der Waals surface area contributed by atoms with Gasteiger partial charge in [0.05, 0.1) is 11.0 Å². The number of nitro benzene ring substituents is 1. The Morgan fingerprint density at radius 3 is 2.68 bits per heavy atom. The molecular formula is C16H11N5O4. The quantitative estimate of drug-likeness (QED) is 0.648. The standard InChI is InChI=1S/C16H11N5O4/c1-16(8-17)10-6-13(21(24)25)12(7-11(10)20-15(16)23)19-14(22)9-2-4-18-5-3-9/h2-7H,1H3,(H,19,22)(H,20,23). The molecule has 0 radical (unpaired) electrons. The van der Waals surface area contributed by atoms with Gasteiger partial charge < -0.3 is 10.6 Å². The van der Waals surface area contributed by atoms with E-state index in [1.54, 1.807) is 0 Å². The van der Waals surface area contributed by atoms with Gasteiger partial charge in [0.2, 0.25) is 5.91 Å². The zero-order valence-electron chi connectivity index (χ0n) is 12.9. The van der Waals surface area contributed by atoms with Gasteiger partial charge in [-0.1, -0.05) is 0 Å². The van der Waals surface area contributed by atoms with Crippen molar-refractivity contribution in [2.75, 3.05) is 10.6 Å². The summed E-state index contributed by atoms with van der Waals surface area (Å²) < 4.78 is 0. The van der Waals surface area contributed by atoms with Crippen LogP contribution < -0.4 is 10.6 Å². The largest absolute Gasteiger partial charge is 0.324 e. The molecule has 0 saturated heterocycles. The number of aromatic nitrogens is 1. The summed E-state index contributed by atoms with van der Waals surface area (Å²) >= 11 is 0. The Labute approximate surface area is 141 Å². The van der Waals surface area contributed by atoms with Gasteiger partial charge >= 0.3 is 0 Å². The molecular weight excluding hydrogens is 326 g/mol. The molecule has 1 aliphatic heterocycles. The van der Waals surface area contributed by atoms with Gasteiger partial charge in [0, 0.05) is 35.3 Å². The fourth-order valence-corrected chi connectivity index (χ4v) is 2.53. The number of nitrogens with one attached hydrogen (secondary N) is 2. The molecule has 1 unspecified atom stereocenters. The average Bonchev–Trinajstić information content (AvgIpc) is 2.85. The van der Waals surface area contributed by atoms with Crippen molar-refractivity contribution < 1.29 is 14.5 Å². The van der Waals surface area contributed by atoms with Crippen LogP contribution in [0.2, 0.25) is 0 Å². The summed E-state index contributed by atoms with van der Waals surface area (Å²) in [7, 11) is 0. The number of carbonyl (C=O) groups excluding carboxylic acids is 2. The van der Waals surface area contributed by atoms with Crippen LogP contribution in [0.1, 0.15) is 22.8 Å². The summed E-state index contributed by atoms with van der Waals surface area (Å²) in [5.74, 6) is -1.13. The van der Waals surface area contributed by atoms with Gasteiger partial charge in [-0.15, -0.1) is 0 Å². The van der Waals surface area contributed by atoms with Crippen molar-refractivity contribution in [1.82, 2.24) is 4.98 Å². The molecule has 0 aliphatic carbocycles. The summed E-state index contributed by atoms with van der Waals surface area (Å²) in [4.78, 5) is 38.8. The second kappa shape index (κ2) is 5.68. The van der Waals surface area contributed by atoms with Gasteiger partial charge in [-0.2, -0.15) is 5.26 Å². The van der Waals surface area contributed by atoms with Gasteiger partial charge in [-0.25, -0.2) is 0 Å². The number of carbonyl (C=O) groups is 2. The molecule has 2 N–H and O–H groups in total. The van der Waals surface area contributed by atoms with Gasteiger partial charge in [-0.05, 0) is 25.1 Å². The fraction of sp³-hybridized carbons (Fsp3) is 0.125. The Balaban J connectivity index is 2.06. The molecule has 0 saturated carbocycles. The van der Waals surface area contributed by atoms with Crippen LogP contribution in [0.15, 0.2) is 36.7 Å². The molecule has 124 valence electrons. The van der Waals surface area contributed by atoms with E-state index in [1.165, 1.54) is 37.5 Å². The van der Waals surface area contributed by atoms with E-state index < -0.39 is 27.8 Å². The minimum absolute atomic E-state index is 0.0759. The minimum atomic E-state index is -1.52. The fourth-order valence-electron chi connectivity index (χ4n) is 2.53. The number of hydrogen-bond acceptors (Lipinski definition) is 6. The summed E-state index contributed by atoms with van der Waals surface area (Å²) in [5, 5.41) is 25.6. The first-order valence-corrected chi connectivity index (χ1v) is 7.14. The lowest BCUT2D eigenvalue weighted by Gasteiger charge is -2.13. The van der Waals surface area contributed by atoms with Crippen molar-refractivity contribution in [2.45, 2.75) is 12.3 Å². The molecule has 25 heavy (non-hydrogen) atoms. The highest BCUT2D eigenvalue weighted by atomic mass is 16.6. The maximum absolute atomic E-state index is 12.2. The predicted molar refractivity (Wildman–Crippen MR) is 86.9 cm³/mol. The van der Waals surface area contributed by atoms with Crippen LogP contribution in [0, 0.1) is 21.4 Å². The number of nitriles is 1. The van der Waals surface area contributed by atoms with E-state index in [0.29, 0.717) is 0 Å². The molecule has 1 aromatic carbocycles. The van der Waals surface area contributed by atoms with Gasteiger partial charge in [0.1, 0.15) is 5.69 Å². The van der Waals surface area contributed by atoms with E-state index in [4.69, 9.17) is 0 Å². The summed E-state index contributed by atoms with van der Waals surface area (Å²) in [6.45, 7) is 1.38. The molecule has 0 bridgehead atoms. The number of anilines is 2. The highest BCUT2D eigenvalue weighted by Crippen LogP contribution is 2.42. The van der Waals surface area contributed by atoms with E-state index in [-0.39, 0.29) is 22.5 Å². The number of rotatable bonds is 3. The smallest absolute Gasteiger partial charge is 0.293 e. The van der Waals surface area contributed by atoms with Crippen molar-refractivity contribution in [1.29, 1.82) is 5.26 Å². The third-order valence-electron chi connectivity index (χ3n) is 3.99. The maximum atomic E-state index is 12.2. The first kappa shape index (κ1) is 16.1. The van der Waals surface area contributed by atoms with Crippen LogP contribution in [-0.4, -0.2) is 21.7 Å². The zero-order valence-corrected chi connectivity index (χ0v) is 12.9. The lowest BCUT2D eigenvalue weighted by atomic mass is 9.85. The Hall–Kier alpha value is -3.80. The molecule has 1 aromatic heterocycles. The number of fused-ring (bicyclic) bond motifs is 1. The van der Waals surface area contributed by atoms with Gasteiger partial charge in [-0.3, -0.25) is 24.7 Å². The van der Waals surface area contributed by atoms with Crippen LogP contribution in [-0.2, 0) is 10.2 Å². The Morgan fingerprint density at radius 2 is 2.08 bits per heavy atom. The predicted octanol–water partition coefficient (Wildman–Crippen LogP) is 1.98. The van der Waals surface area contributed by atoms with Crippen LogP contribution >= 0.6 is 0 Å². The van der Waals surface area contributed by atoms with Crippen molar-refractivity contribution >= 4 is 28.9 Å². The first-order valence-electron chi connectivity index (χ1n) is 7.14. The van der Waals surface area contributed by atoms with Gasteiger partial charge in [0.15, 0.2) is 5.41 Å². The maximum Gasteiger partial charge on any atom is 0.293 e. The normalized spacial score (nSPS) is 18.0. The molecule has 2 heterocycles. The van der Waals surface area contributed by atoms with Crippen molar-refractivity contribution in [2.24, 2.45) is 0 Å². The van der Waals surface area contributed by atoms with Crippen LogP contribution in [0.25, 0.3) is 0 Å². The van der Waals surface area contributed by atoms with E-state index >= 15 is 0 Å². The highest BCUT2D eigenvalue weighted by Gasteiger charge is 2.45. The second-order valence-corrected chi connectivity index (χ2v) is 5.55. The molecule has 0 fully saturated rings. The van der Waals surface area contributed by atoms with Crippen LogP contribution in [0.4, 0.5) is 17.1 Å². The van der Waals surface area contributed by atoms with Gasteiger partial charge in [0.25, 0.3) is 11.6 Å². The second-order valence-electron chi connectivity index (χ2n) is 5.55. The average molecular weight is 337 g/mol. The Bertz CT molecular complexity index is 951. The zero-order chi connectivity index (χ0) is 18.2. The third-order valence-corrected chi connectivity index (χ3v) is 3.99. The lowest BCUT2D eigenvalue weighted by molar-refractivity contribution is -0.384. The number of amides is 2. The first-order chi connectivity index (χ1) is 11.9. The van der Waals surface area contributed by atoms with Crippen LogP contribution in [0.5, 0.6) is 0 Å². The number of benzene rings is 1. The van der Waals surface area contributed by atoms with Crippen molar-refractivity contribution in [3.63, 3.8) is 0 Å². The molecule has 2 amide bonds. The highest BCUT2D eigenvalue weighted by molar-refractivity contribution is 6.10. The summed E-state index contributed by atoms with van der Waals surface area (Å²) in [5.41, 5.74) is -1.27. The summed E-state index contributed by atoms with van der Waals surface area (Å²) in [6, 6.07) is 7.21. The van der Waals surface area contributed by atoms with E-state index in [9.17, 15) is 25.0 Å². The summed E-state index contributed by atoms with van der Waals surface area (Å²) in [6.07, 6.45) is 2.84. The van der Waals surface area contributed by atoms with E-state index in [1.807, 2.05) is 6.07 Å². The van der Waals surface area contributed by atoms with Crippen molar-refractivity contribution in [3.05, 3.63) is 57.9 Å².